The van der Waals surface area contributed by atoms with Gasteiger partial charge in [0.25, 0.3) is 0 Å². The van der Waals surface area contributed by atoms with E-state index in [2.05, 4.69) is 0 Å². The SMILES string of the molecule is N=C(C(F)(F)F)C(F)(F)C(F)(F)F. The summed E-state index contributed by atoms with van der Waals surface area (Å²) in [6, 6.07) is 0. The molecule has 0 heterocycles. The Kier molecular flexibility index (Phi) is 2.62. The second-order valence-corrected chi connectivity index (χ2v) is 1.94. The highest BCUT2D eigenvalue weighted by molar-refractivity contribution is 5.93. The van der Waals surface area contributed by atoms with Crippen molar-refractivity contribution in [3.8, 4) is 0 Å². The normalized spacial score (nSPS) is 14.5. The smallest absolute Gasteiger partial charge is 0.295 e. The van der Waals surface area contributed by atoms with Crippen LogP contribution in [0, 0.1) is 5.41 Å². The molecular formula is C4HF8N. The van der Waals surface area contributed by atoms with Crippen LogP contribution in [0.2, 0.25) is 0 Å². The molecule has 0 spiro atoms. The predicted octanol–water partition coefficient (Wildman–Crippen LogP) is 2.77. The summed E-state index contributed by atoms with van der Waals surface area (Å²) >= 11 is 0. The lowest BCUT2D eigenvalue weighted by atomic mass is 10.2. The van der Waals surface area contributed by atoms with Gasteiger partial charge in [-0.2, -0.15) is 35.1 Å². The number of alkyl halides is 8. The summed E-state index contributed by atoms with van der Waals surface area (Å²) in [6.07, 6.45) is -12.4. The number of hydrogen-bond acceptors (Lipinski definition) is 1. The predicted molar refractivity (Wildman–Crippen MR) is 24.8 cm³/mol. The molecule has 0 bridgehead atoms. The van der Waals surface area contributed by atoms with Crippen LogP contribution < -0.4 is 0 Å². The van der Waals surface area contributed by atoms with Crippen LogP contribution in [0.25, 0.3) is 0 Å². The number of halogens is 8. The molecule has 0 rings (SSSR count). The molecule has 0 aliphatic carbocycles. The van der Waals surface area contributed by atoms with Crippen molar-refractivity contribution in [3.63, 3.8) is 0 Å². The van der Waals surface area contributed by atoms with Gasteiger partial charge in [-0.1, -0.05) is 0 Å². The third kappa shape index (κ3) is 2.28. The van der Waals surface area contributed by atoms with Crippen molar-refractivity contribution in [2.45, 2.75) is 18.3 Å². The van der Waals surface area contributed by atoms with Crippen molar-refractivity contribution in [1.82, 2.24) is 0 Å². The minimum absolute atomic E-state index is 3.62. The lowest BCUT2D eigenvalue weighted by Crippen LogP contribution is -2.49. The van der Waals surface area contributed by atoms with E-state index < -0.39 is 24.0 Å². The van der Waals surface area contributed by atoms with Gasteiger partial charge in [0.1, 0.15) is 0 Å². The quantitative estimate of drug-likeness (QED) is 0.513. The molecule has 0 saturated carbocycles. The van der Waals surface area contributed by atoms with Gasteiger partial charge in [-0.25, -0.2) is 0 Å². The zero-order valence-corrected chi connectivity index (χ0v) is 5.52. The third-order valence-electron chi connectivity index (χ3n) is 0.953. The molecule has 0 amide bonds. The largest absolute Gasteiger partial charge is 0.459 e. The molecule has 0 fully saturated rings. The molecule has 0 aromatic heterocycles. The lowest BCUT2D eigenvalue weighted by Gasteiger charge is -2.21. The summed E-state index contributed by atoms with van der Waals surface area (Å²) in [6.45, 7) is 0. The van der Waals surface area contributed by atoms with Gasteiger partial charge in [0.2, 0.25) is 0 Å². The zero-order chi connectivity index (χ0) is 11.1. The highest BCUT2D eigenvalue weighted by Gasteiger charge is 2.67. The molecule has 0 atom stereocenters. The Balaban J connectivity index is 4.98. The van der Waals surface area contributed by atoms with Crippen LogP contribution >= 0.6 is 0 Å². The van der Waals surface area contributed by atoms with Crippen LogP contribution in [0.1, 0.15) is 0 Å². The Morgan fingerprint density at radius 3 is 1.15 bits per heavy atom. The first-order valence-electron chi connectivity index (χ1n) is 2.51. The Morgan fingerprint density at radius 2 is 1.08 bits per heavy atom. The third-order valence-corrected chi connectivity index (χ3v) is 0.953. The Morgan fingerprint density at radius 1 is 0.769 bits per heavy atom. The summed E-state index contributed by atoms with van der Waals surface area (Å²) in [5.41, 5.74) is -3.62. The molecule has 78 valence electrons. The second-order valence-electron chi connectivity index (χ2n) is 1.94. The summed E-state index contributed by atoms with van der Waals surface area (Å²) in [5.74, 6) is -6.16. The summed E-state index contributed by atoms with van der Waals surface area (Å²) in [5, 5.41) is 5.60. The number of rotatable bonds is 1. The van der Waals surface area contributed by atoms with Gasteiger partial charge in [-0.05, 0) is 0 Å². The summed E-state index contributed by atoms with van der Waals surface area (Å²) in [7, 11) is 0. The van der Waals surface area contributed by atoms with Crippen LogP contribution in [0.3, 0.4) is 0 Å². The van der Waals surface area contributed by atoms with E-state index in [0.717, 1.165) is 0 Å². The molecular weight excluding hydrogens is 214 g/mol. The molecule has 0 aromatic carbocycles. The van der Waals surface area contributed by atoms with Gasteiger partial charge in [-0.3, -0.25) is 5.41 Å². The molecule has 0 aliphatic heterocycles. The first kappa shape index (κ1) is 12.1. The van der Waals surface area contributed by atoms with Gasteiger partial charge in [0.15, 0.2) is 5.71 Å². The van der Waals surface area contributed by atoms with E-state index in [1.165, 1.54) is 0 Å². The highest BCUT2D eigenvalue weighted by atomic mass is 19.4. The molecule has 9 heteroatoms. The van der Waals surface area contributed by atoms with Gasteiger partial charge < -0.3 is 0 Å². The number of nitrogens with one attached hydrogen (secondary N) is 1. The van der Waals surface area contributed by atoms with Crippen LogP contribution in [0.4, 0.5) is 35.1 Å². The molecule has 1 nitrogen and oxygen atoms in total. The van der Waals surface area contributed by atoms with Crippen LogP contribution in [0.5, 0.6) is 0 Å². The Labute approximate surface area is 65.8 Å². The van der Waals surface area contributed by atoms with E-state index in [9.17, 15) is 35.1 Å². The molecule has 0 aliphatic rings. The first-order valence-corrected chi connectivity index (χ1v) is 2.51. The summed E-state index contributed by atoms with van der Waals surface area (Å²) < 4.78 is 91.0. The number of hydrogen-bond donors (Lipinski definition) is 1. The van der Waals surface area contributed by atoms with E-state index >= 15 is 0 Å². The van der Waals surface area contributed by atoms with E-state index in [0.29, 0.717) is 0 Å². The maximum atomic E-state index is 11.8. The topological polar surface area (TPSA) is 23.9 Å². The Hall–Kier alpha value is -0.890. The van der Waals surface area contributed by atoms with Crippen molar-refractivity contribution in [1.29, 1.82) is 5.41 Å². The van der Waals surface area contributed by atoms with Crippen LogP contribution in [-0.4, -0.2) is 24.0 Å². The maximum absolute atomic E-state index is 11.8. The highest BCUT2D eigenvalue weighted by Crippen LogP contribution is 2.40. The second kappa shape index (κ2) is 2.81. The van der Waals surface area contributed by atoms with Crippen LogP contribution in [-0.2, 0) is 0 Å². The van der Waals surface area contributed by atoms with Gasteiger partial charge in [0, 0.05) is 0 Å². The fraction of sp³-hybridized carbons (Fsp3) is 0.750. The van der Waals surface area contributed by atoms with Gasteiger partial charge >= 0.3 is 18.3 Å². The van der Waals surface area contributed by atoms with E-state index in [-0.39, 0.29) is 0 Å². The average Bonchev–Trinajstić information content (AvgIpc) is 1.81. The van der Waals surface area contributed by atoms with Crippen molar-refractivity contribution in [2.24, 2.45) is 0 Å². The van der Waals surface area contributed by atoms with Crippen molar-refractivity contribution in [3.05, 3.63) is 0 Å². The van der Waals surface area contributed by atoms with Crippen molar-refractivity contribution >= 4 is 5.71 Å². The summed E-state index contributed by atoms with van der Waals surface area (Å²) in [4.78, 5) is 0. The molecule has 0 aromatic rings. The monoisotopic (exact) mass is 215 g/mol. The zero-order valence-electron chi connectivity index (χ0n) is 5.52. The van der Waals surface area contributed by atoms with E-state index in [1.807, 2.05) is 0 Å². The maximum Gasteiger partial charge on any atom is 0.459 e. The standard InChI is InChI=1S/C4HF8N/c5-2(6,4(10,11)12)1(13)3(7,8)9/h13H. The van der Waals surface area contributed by atoms with Gasteiger partial charge in [0.05, 0.1) is 0 Å². The van der Waals surface area contributed by atoms with E-state index in [4.69, 9.17) is 5.41 Å². The molecule has 0 radical (unpaired) electrons. The van der Waals surface area contributed by atoms with Crippen LogP contribution in [0.15, 0.2) is 0 Å². The van der Waals surface area contributed by atoms with Crippen molar-refractivity contribution < 1.29 is 35.1 Å². The average molecular weight is 215 g/mol. The minimum Gasteiger partial charge on any atom is -0.295 e. The molecule has 13 heavy (non-hydrogen) atoms. The van der Waals surface area contributed by atoms with E-state index in [1.54, 1.807) is 0 Å². The molecule has 1 N–H and O–H groups in total. The Bertz CT molecular complexity index is 209. The fourth-order valence-corrected chi connectivity index (χ4v) is 0.320. The van der Waals surface area contributed by atoms with Gasteiger partial charge in [-0.15, -0.1) is 0 Å². The first-order chi connectivity index (χ1) is 5.40. The molecule has 0 unspecified atom stereocenters. The van der Waals surface area contributed by atoms with Crippen molar-refractivity contribution in [2.75, 3.05) is 0 Å². The lowest BCUT2D eigenvalue weighted by molar-refractivity contribution is -0.257. The molecule has 0 saturated heterocycles. The minimum atomic E-state index is -6.40. The fourth-order valence-electron chi connectivity index (χ4n) is 0.320.